The van der Waals surface area contributed by atoms with E-state index in [9.17, 15) is 8.42 Å². The van der Waals surface area contributed by atoms with Crippen molar-refractivity contribution in [1.29, 1.82) is 0 Å². The Kier molecular flexibility index (Phi) is 5.48. The summed E-state index contributed by atoms with van der Waals surface area (Å²) >= 11 is 8.69. The number of aryl methyl sites for hydroxylation is 1. The van der Waals surface area contributed by atoms with Crippen LogP contribution in [0, 0.1) is 6.92 Å². The molecule has 0 N–H and O–H groups in total. The number of rotatable bonds is 6. The highest BCUT2D eigenvalue weighted by atomic mass is 35.5. The lowest BCUT2D eigenvalue weighted by atomic mass is 10.3. The van der Waals surface area contributed by atoms with Gasteiger partial charge in [-0.1, -0.05) is 6.07 Å². The van der Waals surface area contributed by atoms with Crippen LogP contribution >= 0.6 is 34.3 Å². The van der Waals surface area contributed by atoms with E-state index < -0.39 is 10.0 Å². The molecule has 2 aromatic heterocycles. The van der Waals surface area contributed by atoms with Gasteiger partial charge < -0.3 is 0 Å². The third-order valence-electron chi connectivity index (χ3n) is 3.15. The predicted octanol–water partition coefficient (Wildman–Crippen LogP) is 4.46. The highest BCUT2D eigenvalue weighted by Crippen LogP contribution is 2.31. The molecule has 0 aliphatic heterocycles. The van der Waals surface area contributed by atoms with Gasteiger partial charge in [0.15, 0.2) is 0 Å². The second-order valence-electron chi connectivity index (χ2n) is 5.03. The van der Waals surface area contributed by atoms with Gasteiger partial charge in [0.25, 0.3) is 10.0 Å². The summed E-state index contributed by atoms with van der Waals surface area (Å²) in [5.74, 6) is 0.346. The molecule has 7 heteroatoms. The number of halogens is 1. The van der Waals surface area contributed by atoms with E-state index in [0.717, 1.165) is 15.3 Å². The molecule has 0 saturated heterocycles. The van der Waals surface area contributed by atoms with Crippen molar-refractivity contribution in [2.45, 2.75) is 43.4 Å². The van der Waals surface area contributed by atoms with Crippen molar-refractivity contribution in [3.63, 3.8) is 0 Å². The molecule has 3 nitrogen and oxygen atoms in total. The summed E-state index contributed by atoms with van der Waals surface area (Å²) in [5, 5.41) is 1.96. The molecule has 0 bridgehead atoms. The number of alkyl halides is 1. The molecule has 0 amide bonds. The number of hydrogen-bond donors (Lipinski definition) is 0. The Bertz CT molecular complexity index is 690. The summed E-state index contributed by atoms with van der Waals surface area (Å²) in [6, 6.07) is 5.52. The third-order valence-corrected chi connectivity index (χ3v) is 8.15. The Morgan fingerprint density at radius 1 is 1.38 bits per heavy atom. The topological polar surface area (TPSA) is 37.4 Å². The molecule has 0 aliphatic rings. The molecule has 0 saturated carbocycles. The van der Waals surface area contributed by atoms with E-state index >= 15 is 0 Å². The molecule has 0 fully saturated rings. The minimum Gasteiger partial charge on any atom is -0.206 e. The molecule has 116 valence electrons. The van der Waals surface area contributed by atoms with Gasteiger partial charge in [0.2, 0.25) is 0 Å². The molecule has 21 heavy (non-hydrogen) atoms. The molecule has 2 heterocycles. The molecule has 0 spiro atoms. The Morgan fingerprint density at radius 3 is 2.57 bits per heavy atom. The minimum absolute atomic E-state index is 0.0982. The Labute approximate surface area is 139 Å². The van der Waals surface area contributed by atoms with Crippen LogP contribution in [0.5, 0.6) is 0 Å². The van der Waals surface area contributed by atoms with Gasteiger partial charge in [0, 0.05) is 22.3 Å². The monoisotopic (exact) mass is 363 g/mol. The largest absolute Gasteiger partial charge is 0.253 e. The SMILES string of the molecule is Cc1cc(S(=O)(=O)N(Cc2cccs2)C(C)C)sc1CCl. The van der Waals surface area contributed by atoms with Gasteiger partial charge in [0.1, 0.15) is 4.21 Å². The Hall–Kier alpha value is -0.400. The normalized spacial score (nSPS) is 12.5. The maximum Gasteiger partial charge on any atom is 0.253 e. The van der Waals surface area contributed by atoms with Crippen LogP contribution in [0.15, 0.2) is 27.8 Å². The Balaban J connectivity index is 2.37. The molecule has 0 atom stereocenters. The lowest BCUT2D eigenvalue weighted by Crippen LogP contribution is -2.35. The maximum absolute atomic E-state index is 12.9. The molecule has 0 unspecified atom stereocenters. The van der Waals surface area contributed by atoms with Crippen LogP contribution in [0.4, 0.5) is 0 Å². The smallest absolute Gasteiger partial charge is 0.206 e. The predicted molar refractivity (Wildman–Crippen MR) is 90.8 cm³/mol. The van der Waals surface area contributed by atoms with Crippen molar-refractivity contribution in [2.75, 3.05) is 0 Å². The van der Waals surface area contributed by atoms with E-state index in [0.29, 0.717) is 16.6 Å². The van der Waals surface area contributed by atoms with Crippen molar-refractivity contribution in [3.05, 3.63) is 38.9 Å². The van der Waals surface area contributed by atoms with Gasteiger partial charge in [0.05, 0.1) is 5.88 Å². The summed E-state index contributed by atoms with van der Waals surface area (Å²) in [4.78, 5) is 1.95. The first-order valence-corrected chi connectivity index (χ1v) is 10.2. The van der Waals surface area contributed by atoms with Crippen LogP contribution < -0.4 is 0 Å². The quantitative estimate of drug-likeness (QED) is 0.710. The van der Waals surface area contributed by atoms with Gasteiger partial charge in [-0.2, -0.15) is 4.31 Å². The van der Waals surface area contributed by atoms with Crippen LogP contribution in [0.2, 0.25) is 0 Å². The van der Waals surface area contributed by atoms with E-state index in [2.05, 4.69) is 0 Å². The van der Waals surface area contributed by atoms with Crippen LogP contribution in [0.25, 0.3) is 0 Å². The average molecular weight is 364 g/mol. The molecule has 0 radical (unpaired) electrons. The number of nitrogens with zero attached hydrogens (tertiary/aromatic N) is 1. The highest BCUT2D eigenvalue weighted by molar-refractivity contribution is 7.91. The molecular formula is C14H18ClNO2S3. The third kappa shape index (κ3) is 3.68. The van der Waals surface area contributed by atoms with E-state index in [-0.39, 0.29) is 6.04 Å². The zero-order chi connectivity index (χ0) is 15.6. The summed E-state index contributed by atoms with van der Waals surface area (Å²) in [6.07, 6.45) is 0. The number of thiophene rings is 2. The summed E-state index contributed by atoms with van der Waals surface area (Å²) in [5.41, 5.74) is 0.938. The molecule has 0 aliphatic carbocycles. The standard InChI is InChI=1S/C14H18ClNO2S3/c1-10(2)16(9-12-5-4-6-19-12)21(17,18)14-7-11(3)13(8-15)20-14/h4-7,10H,8-9H2,1-3H3. The van der Waals surface area contributed by atoms with Gasteiger partial charge in [-0.15, -0.1) is 34.3 Å². The fraction of sp³-hybridized carbons (Fsp3) is 0.429. The van der Waals surface area contributed by atoms with E-state index in [1.807, 2.05) is 38.3 Å². The van der Waals surface area contributed by atoms with Gasteiger partial charge in [-0.3, -0.25) is 0 Å². The van der Waals surface area contributed by atoms with Crippen molar-refractivity contribution >= 4 is 44.3 Å². The first kappa shape index (κ1) is 17.0. The van der Waals surface area contributed by atoms with Gasteiger partial charge in [-0.05, 0) is 43.8 Å². The van der Waals surface area contributed by atoms with Crippen molar-refractivity contribution < 1.29 is 8.42 Å². The summed E-state index contributed by atoms with van der Waals surface area (Å²) < 4.78 is 27.7. The molecular weight excluding hydrogens is 346 g/mol. The first-order chi connectivity index (χ1) is 9.86. The van der Waals surface area contributed by atoms with Crippen LogP contribution in [-0.4, -0.2) is 18.8 Å². The number of sulfonamides is 1. The fourth-order valence-electron chi connectivity index (χ4n) is 1.97. The minimum atomic E-state index is -3.49. The van der Waals surface area contributed by atoms with Crippen molar-refractivity contribution in [1.82, 2.24) is 4.31 Å². The van der Waals surface area contributed by atoms with Crippen LogP contribution in [0.1, 0.15) is 29.2 Å². The second kappa shape index (κ2) is 6.79. The average Bonchev–Trinajstić information content (AvgIpc) is 3.04. The van der Waals surface area contributed by atoms with Gasteiger partial charge >= 0.3 is 0 Å². The lowest BCUT2D eigenvalue weighted by molar-refractivity contribution is 0.351. The second-order valence-corrected chi connectivity index (χ2v) is 9.58. The first-order valence-electron chi connectivity index (χ1n) is 6.55. The van der Waals surface area contributed by atoms with E-state index in [1.165, 1.54) is 11.3 Å². The maximum atomic E-state index is 12.9. The summed E-state index contributed by atoms with van der Waals surface area (Å²) in [6.45, 7) is 6.10. The molecule has 2 aromatic rings. The van der Waals surface area contributed by atoms with Gasteiger partial charge in [-0.25, -0.2) is 8.42 Å². The number of hydrogen-bond acceptors (Lipinski definition) is 4. The van der Waals surface area contributed by atoms with E-state index in [1.54, 1.807) is 21.7 Å². The fourth-order valence-corrected chi connectivity index (χ4v) is 6.31. The van der Waals surface area contributed by atoms with Crippen LogP contribution in [-0.2, 0) is 22.4 Å². The summed E-state index contributed by atoms with van der Waals surface area (Å²) in [7, 11) is -3.49. The van der Waals surface area contributed by atoms with E-state index in [4.69, 9.17) is 11.6 Å². The Morgan fingerprint density at radius 2 is 2.10 bits per heavy atom. The van der Waals surface area contributed by atoms with Crippen molar-refractivity contribution in [3.8, 4) is 0 Å². The highest BCUT2D eigenvalue weighted by Gasteiger charge is 2.29. The molecule has 2 rings (SSSR count). The lowest BCUT2D eigenvalue weighted by Gasteiger charge is -2.24. The zero-order valence-corrected chi connectivity index (χ0v) is 15.4. The van der Waals surface area contributed by atoms with Crippen molar-refractivity contribution in [2.24, 2.45) is 0 Å². The molecule has 0 aromatic carbocycles. The zero-order valence-electron chi connectivity index (χ0n) is 12.2. The van der Waals surface area contributed by atoms with Crippen LogP contribution in [0.3, 0.4) is 0 Å².